The third-order valence-corrected chi connectivity index (χ3v) is 7.15. The summed E-state index contributed by atoms with van der Waals surface area (Å²) in [5.74, 6) is 0.938. The van der Waals surface area contributed by atoms with Gasteiger partial charge in [-0.25, -0.2) is 12.8 Å². The molecule has 3 aromatic rings. The molecule has 0 fully saturated rings. The Hall–Kier alpha value is -2.55. The summed E-state index contributed by atoms with van der Waals surface area (Å²) in [5.41, 5.74) is 2.65. The van der Waals surface area contributed by atoms with Crippen molar-refractivity contribution in [1.82, 2.24) is 5.32 Å². The number of nitrogens with one attached hydrogen (secondary N) is 1. The van der Waals surface area contributed by atoms with E-state index in [1.807, 2.05) is 24.3 Å². The van der Waals surface area contributed by atoms with Crippen LogP contribution < -0.4 is 9.62 Å². The van der Waals surface area contributed by atoms with Gasteiger partial charge in [0.2, 0.25) is 10.0 Å². The molecule has 0 heterocycles. The first-order valence-electron chi connectivity index (χ1n) is 10.1. The summed E-state index contributed by atoms with van der Waals surface area (Å²) in [5, 5.41) is 3.57. The highest BCUT2D eigenvalue weighted by atomic mass is 35.5. The number of benzene rings is 3. The molecule has 0 bridgehead atoms. The van der Waals surface area contributed by atoms with Crippen LogP contribution in [0.15, 0.2) is 72.8 Å². The summed E-state index contributed by atoms with van der Waals surface area (Å²) in [6.07, 6.45) is 1.11. The normalized spacial score (nSPS) is 11.2. The van der Waals surface area contributed by atoms with E-state index >= 15 is 0 Å². The number of rotatable bonds is 10. The third-order valence-electron chi connectivity index (χ3n) is 4.75. The fraction of sp³-hybridized carbons (Fsp3) is 0.208. The second kappa shape index (κ2) is 11.5. The number of amides is 1. The van der Waals surface area contributed by atoms with Gasteiger partial charge >= 0.3 is 0 Å². The lowest BCUT2D eigenvalue weighted by atomic mass is 10.1. The highest BCUT2D eigenvalue weighted by Crippen LogP contribution is 2.22. The van der Waals surface area contributed by atoms with Crippen LogP contribution in [0.4, 0.5) is 10.1 Å². The van der Waals surface area contributed by atoms with Crippen molar-refractivity contribution in [3.8, 4) is 0 Å². The van der Waals surface area contributed by atoms with E-state index in [0.29, 0.717) is 28.4 Å². The zero-order valence-electron chi connectivity index (χ0n) is 18.0. The molecule has 0 spiro atoms. The Balaban J connectivity index is 1.54. The minimum atomic E-state index is -3.58. The van der Waals surface area contributed by atoms with Crippen LogP contribution in [-0.2, 0) is 22.3 Å². The zero-order chi connectivity index (χ0) is 23.8. The number of carbonyl (C=O) groups excluding carboxylic acids is 1. The minimum Gasteiger partial charge on any atom is -0.351 e. The quantitative estimate of drug-likeness (QED) is 0.388. The van der Waals surface area contributed by atoms with Gasteiger partial charge in [0.1, 0.15) is 5.82 Å². The van der Waals surface area contributed by atoms with E-state index < -0.39 is 10.0 Å². The summed E-state index contributed by atoms with van der Waals surface area (Å²) >= 11 is 7.67. The number of thioether (sulfide) groups is 1. The number of carbonyl (C=O) groups is 1. The fourth-order valence-corrected chi connectivity index (χ4v) is 5.00. The molecule has 0 saturated carbocycles. The number of halogens is 2. The molecule has 0 aromatic heterocycles. The number of nitrogens with zero attached hydrogens (tertiary/aromatic N) is 1. The van der Waals surface area contributed by atoms with Crippen molar-refractivity contribution in [2.24, 2.45) is 0 Å². The lowest BCUT2D eigenvalue weighted by molar-refractivity contribution is 0.0956. The molecule has 0 saturated heterocycles. The van der Waals surface area contributed by atoms with Crippen LogP contribution in [-0.4, -0.2) is 32.9 Å². The molecule has 0 atom stereocenters. The van der Waals surface area contributed by atoms with Crippen LogP contribution in [0.1, 0.15) is 21.5 Å². The van der Waals surface area contributed by atoms with Crippen LogP contribution in [0.25, 0.3) is 0 Å². The number of anilines is 1. The Morgan fingerprint density at radius 2 is 1.73 bits per heavy atom. The first kappa shape index (κ1) is 25.1. The van der Waals surface area contributed by atoms with Crippen molar-refractivity contribution in [1.29, 1.82) is 0 Å². The maximum atomic E-state index is 13.1. The SMILES string of the molecule is CS(=O)(=O)N(Cc1ccc(F)cc1)c1ccc(C(=O)NCCSCc2cccc(Cl)c2)cc1. The molecule has 0 radical (unpaired) electrons. The van der Waals surface area contributed by atoms with Crippen molar-refractivity contribution >= 4 is 45.0 Å². The maximum absolute atomic E-state index is 13.1. The summed E-state index contributed by atoms with van der Waals surface area (Å²) in [6.45, 7) is 0.570. The van der Waals surface area contributed by atoms with Crippen LogP contribution in [0.2, 0.25) is 5.02 Å². The van der Waals surface area contributed by atoms with Gasteiger partial charge in [-0.3, -0.25) is 9.10 Å². The Morgan fingerprint density at radius 3 is 2.36 bits per heavy atom. The van der Waals surface area contributed by atoms with Crippen molar-refractivity contribution in [3.05, 3.63) is 100 Å². The van der Waals surface area contributed by atoms with Gasteiger partial charge in [-0.2, -0.15) is 11.8 Å². The minimum absolute atomic E-state index is 0.0640. The van der Waals surface area contributed by atoms with E-state index in [2.05, 4.69) is 5.32 Å². The monoisotopic (exact) mass is 506 g/mol. The predicted octanol–water partition coefficient (Wildman–Crippen LogP) is 5.11. The Morgan fingerprint density at radius 1 is 1.03 bits per heavy atom. The van der Waals surface area contributed by atoms with E-state index in [4.69, 9.17) is 11.6 Å². The summed E-state index contributed by atoms with van der Waals surface area (Å²) in [4.78, 5) is 12.4. The molecule has 9 heteroatoms. The van der Waals surface area contributed by atoms with Gasteiger partial charge in [0.05, 0.1) is 18.5 Å². The molecular formula is C24H24ClFN2O3S2. The van der Waals surface area contributed by atoms with Gasteiger partial charge < -0.3 is 5.32 Å². The van der Waals surface area contributed by atoms with E-state index in [0.717, 1.165) is 23.3 Å². The van der Waals surface area contributed by atoms with Crippen molar-refractivity contribution < 1.29 is 17.6 Å². The molecule has 1 amide bonds. The highest BCUT2D eigenvalue weighted by molar-refractivity contribution is 7.98. The number of hydrogen-bond acceptors (Lipinski definition) is 4. The van der Waals surface area contributed by atoms with Gasteiger partial charge in [-0.15, -0.1) is 0 Å². The van der Waals surface area contributed by atoms with Crippen LogP contribution in [0.3, 0.4) is 0 Å². The van der Waals surface area contributed by atoms with E-state index in [1.165, 1.54) is 16.4 Å². The molecule has 1 N–H and O–H groups in total. The van der Waals surface area contributed by atoms with Crippen molar-refractivity contribution in [2.75, 3.05) is 22.9 Å². The topological polar surface area (TPSA) is 66.5 Å². The molecule has 3 aromatic carbocycles. The summed E-state index contributed by atoms with van der Waals surface area (Å²) < 4.78 is 39.0. The average Bonchev–Trinajstić information content (AvgIpc) is 2.78. The molecule has 174 valence electrons. The number of sulfonamides is 1. The molecule has 0 unspecified atom stereocenters. The summed E-state index contributed by atoms with van der Waals surface area (Å²) in [7, 11) is -3.58. The average molecular weight is 507 g/mol. The first-order valence-corrected chi connectivity index (χ1v) is 13.5. The molecule has 0 aliphatic carbocycles. The van der Waals surface area contributed by atoms with E-state index in [1.54, 1.807) is 48.2 Å². The predicted molar refractivity (Wildman–Crippen MR) is 134 cm³/mol. The lowest BCUT2D eigenvalue weighted by Crippen LogP contribution is -2.29. The van der Waals surface area contributed by atoms with Crippen molar-refractivity contribution in [2.45, 2.75) is 12.3 Å². The van der Waals surface area contributed by atoms with Gasteiger partial charge in [-0.05, 0) is 59.7 Å². The fourth-order valence-electron chi connectivity index (χ4n) is 3.09. The van der Waals surface area contributed by atoms with E-state index in [-0.39, 0.29) is 18.3 Å². The third kappa shape index (κ3) is 7.77. The Labute approximate surface area is 203 Å². The second-order valence-corrected chi connectivity index (χ2v) is 10.8. The molecule has 3 rings (SSSR count). The molecule has 5 nitrogen and oxygen atoms in total. The van der Waals surface area contributed by atoms with Gasteiger partial charge in [0.15, 0.2) is 0 Å². The Bertz CT molecular complexity index is 1190. The molecular weight excluding hydrogens is 483 g/mol. The van der Waals surface area contributed by atoms with Crippen LogP contribution >= 0.6 is 23.4 Å². The van der Waals surface area contributed by atoms with Crippen LogP contribution in [0, 0.1) is 5.82 Å². The van der Waals surface area contributed by atoms with Gasteiger partial charge in [0.25, 0.3) is 5.91 Å². The standard InChI is InChI=1S/C24H24ClFN2O3S2/c1-33(30,31)28(16-18-5-9-22(26)10-6-18)23-11-7-20(8-12-23)24(29)27-13-14-32-17-19-3-2-4-21(25)15-19/h2-12,15H,13-14,16-17H2,1H3,(H,27,29). The second-order valence-electron chi connectivity index (χ2n) is 7.38. The maximum Gasteiger partial charge on any atom is 0.251 e. The zero-order valence-corrected chi connectivity index (χ0v) is 20.4. The smallest absolute Gasteiger partial charge is 0.251 e. The van der Waals surface area contributed by atoms with Gasteiger partial charge in [-0.1, -0.05) is 35.9 Å². The van der Waals surface area contributed by atoms with Crippen LogP contribution in [0.5, 0.6) is 0 Å². The van der Waals surface area contributed by atoms with E-state index in [9.17, 15) is 17.6 Å². The first-order chi connectivity index (χ1) is 15.7. The molecule has 33 heavy (non-hydrogen) atoms. The highest BCUT2D eigenvalue weighted by Gasteiger charge is 2.18. The lowest BCUT2D eigenvalue weighted by Gasteiger charge is -2.22. The molecule has 0 aliphatic heterocycles. The van der Waals surface area contributed by atoms with Crippen molar-refractivity contribution in [3.63, 3.8) is 0 Å². The largest absolute Gasteiger partial charge is 0.351 e. The number of hydrogen-bond donors (Lipinski definition) is 1. The molecule has 0 aliphatic rings. The summed E-state index contributed by atoms with van der Waals surface area (Å²) in [6, 6.07) is 19.7. The van der Waals surface area contributed by atoms with Gasteiger partial charge in [0, 0.05) is 28.6 Å². The Kier molecular flexibility index (Phi) is 8.77.